The van der Waals surface area contributed by atoms with Crippen LogP contribution in [-0.4, -0.2) is 5.91 Å². The third-order valence-electron chi connectivity index (χ3n) is 1.98. The van der Waals surface area contributed by atoms with Crippen LogP contribution in [0, 0.1) is 18.3 Å². The Morgan fingerprint density at radius 2 is 2.13 bits per heavy atom. The highest BCUT2D eigenvalue weighted by atomic mass is 79.9. The zero-order chi connectivity index (χ0) is 11.3. The van der Waals surface area contributed by atoms with Crippen LogP contribution in [0.1, 0.15) is 13.3 Å². The van der Waals surface area contributed by atoms with Crippen LogP contribution in [0.5, 0.6) is 0 Å². The van der Waals surface area contributed by atoms with E-state index in [1.165, 1.54) is 0 Å². The molecule has 0 saturated carbocycles. The highest BCUT2D eigenvalue weighted by Gasteiger charge is 2.11. The number of amides is 1. The lowest BCUT2D eigenvalue weighted by atomic mass is 10.1. The van der Waals surface area contributed by atoms with Gasteiger partial charge in [-0.15, -0.1) is 12.3 Å². The molecule has 0 bridgehead atoms. The summed E-state index contributed by atoms with van der Waals surface area (Å²) < 4.78 is 0.983. The molecule has 1 N–H and O–H groups in total. The average molecular weight is 266 g/mol. The summed E-state index contributed by atoms with van der Waals surface area (Å²) in [5.74, 6) is 2.27. The summed E-state index contributed by atoms with van der Waals surface area (Å²) in [5, 5.41) is 2.80. The minimum atomic E-state index is -0.154. The first-order valence-corrected chi connectivity index (χ1v) is 5.42. The van der Waals surface area contributed by atoms with Crippen LogP contribution in [0.2, 0.25) is 0 Å². The van der Waals surface area contributed by atoms with Gasteiger partial charge in [-0.3, -0.25) is 4.79 Å². The summed E-state index contributed by atoms with van der Waals surface area (Å²) >= 11 is 3.33. The number of hydrogen-bond acceptors (Lipinski definition) is 1. The van der Waals surface area contributed by atoms with E-state index in [1.807, 2.05) is 31.2 Å². The van der Waals surface area contributed by atoms with E-state index in [4.69, 9.17) is 6.42 Å². The summed E-state index contributed by atoms with van der Waals surface area (Å²) in [6.45, 7) is 1.81. The summed E-state index contributed by atoms with van der Waals surface area (Å²) in [6.07, 6.45) is 5.60. The van der Waals surface area contributed by atoms with Gasteiger partial charge in [0.15, 0.2) is 0 Å². The smallest absolute Gasteiger partial charge is 0.228 e. The molecule has 0 aliphatic heterocycles. The van der Waals surface area contributed by atoms with Gasteiger partial charge >= 0.3 is 0 Å². The Labute approximate surface area is 98.2 Å². The minimum Gasteiger partial charge on any atom is -0.326 e. The fourth-order valence-corrected chi connectivity index (χ4v) is 1.33. The van der Waals surface area contributed by atoms with Gasteiger partial charge in [0.2, 0.25) is 5.91 Å². The first-order valence-electron chi connectivity index (χ1n) is 4.63. The number of anilines is 1. The molecule has 0 saturated heterocycles. The van der Waals surface area contributed by atoms with Crippen molar-refractivity contribution in [3.63, 3.8) is 0 Å². The van der Waals surface area contributed by atoms with Crippen molar-refractivity contribution < 1.29 is 4.79 Å². The van der Waals surface area contributed by atoms with Gasteiger partial charge in [-0.2, -0.15) is 0 Å². The van der Waals surface area contributed by atoms with Gasteiger partial charge in [-0.25, -0.2) is 0 Å². The number of nitrogens with one attached hydrogen (secondary N) is 1. The first-order chi connectivity index (χ1) is 7.13. The Kier molecular flexibility index (Phi) is 4.38. The van der Waals surface area contributed by atoms with Gasteiger partial charge in [-0.1, -0.05) is 22.9 Å². The Bertz CT molecular complexity index is 378. The second-order valence-electron chi connectivity index (χ2n) is 3.31. The van der Waals surface area contributed by atoms with Gasteiger partial charge in [0.25, 0.3) is 0 Å². The molecule has 1 atom stereocenters. The predicted molar refractivity (Wildman–Crippen MR) is 65.4 cm³/mol. The highest BCUT2D eigenvalue weighted by molar-refractivity contribution is 9.10. The van der Waals surface area contributed by atoms with Gasteiger partial charge in [0, 0.05) is 22.5 Å². The number of carbonyl (C=O) groups is 1. The molecule has 1 rings (SSSR count). The summed E-state index contributed by atoms with van der Waals surface area (Å²) in [6, 6.07) is 7.43. The van der Waals surface area contributed by atoms with E-state index in [0.717, 1.165) is 10.2 Å². The van der Waals surface area contributed by atoms with Gasteiger partial charge < -0.3 is 5.32 Å². The lowest BCUT2D eigenvalue weighted by Crippen LogP contribution is -2.19. The fourth-order valence-electron chi connectivity index (χ4n) is 1.07. The van der Waals surface area contributed by atoms with Gasteiger partial charge in [-0.05, 0) is 24.3 Å². The molecule has 1 unspecified atom stereocenters. The lowest BCUT2D eigenvalue weighted by molar-refractivity contribution is -0.119. The zero-order valence-electron chi connectivity index (χ0n) is 8.46. The molecular formula is C12H12BrNO. The van der Waals surface area contributed by atoms with Crippen LogP contribution in [0.4, 0.5) is 5.69 Å². The molecule has 0 aliphatic rings. The first kappa shape index (κ1) is 11.8. The molecule has 0 heterocycles. The average Bonchev–Trinajstić information content (AvgIpc) is 2.22. The molecule has 0 radical (unpaired) electrons. The number of carbonyl (C=O) groups excluding carboxylic acids is 1. The Hall–Kier alpha value is -1.27. The zero-order valence-corrected chi connectivity index (χ0v) is 10.0. The molecular weight excluding hydrogens is 254 g/mol. The number of halogens is 1. The summed E-state index contributed by atoms with van der Waals surface area (Å²) in [5.41, 5.74) is 0.784. The van der Waals surface area contributed by atoms with E-state index in [9.17, 15) is 4.79 Å². The van der Waals surface area contributed by atoms with Crippen molar-refractivity contribution in [2.75, 3.05) is 5.32 Å². The van der Waals surface area contributed by atoms with Crippen LogP contribution in [0.25, 0.3) is 0 Å². The van der Waals surface area contributed by atoms with Crippen molar-refractivity contribution >= 4 is 27.5 Å². The van der Waals surface area contributed by atoms with Crippen molar-refractivity contribution in [2.45, 2.75) is 13.3 Å². The molecule has 1 aromatic carbocycles. The standard InChI is InChI=1S/C12H12BrNO/c1-3-4-9(2)12(15)14-11-7-5-10(13)6-8-11/h1,5-9H,4H2,2H3,(H,14,15). The van der Waals surface area contributed by atoms with E-state index in [1.54, 1.807) is 0 Å². The number of benzene rings is 1. The Morgan fingerprint density at radius 1 is 1.53 bits per heavy atom. The van der Waals surface area contributed by atoms with Gasteiger partial charge in [0.05, 0.1) is 0 Å². The van der Waals surface area contributed by atoms with Crippen LogP contribution in [0.3, 0.4) is 0 Å². The number of rotatable bonds is 3. The quantitative estimate of drug-likeness (QED) is 0.837. The van der Waals surface area contributed by atoms with Crippen molar-refractivity contribution in [1.82, 2.24) is 0 Å². The van der Waals surface area contributed by atoms with E-state index >= 15 is 0 Å². The number of hydrogen-bond donors (Lipinski definition) is 1. The minimum absolute atomic E-state index is 0.0460. The SMILES string of the molecule is C#CCC(C)C(=O)Nc1ccc(Br)cc1. The second-order valence-corrected chi connectivity index (χ2v) is 4.22. The third-order valence-corrected chi connectivity index (χ3v) is 2.51. The van der Waals surface area contributed by atoms with Crippen LogP contribution in [-0.2, 0) is 4.79 Å². The molecule has 0 aromatic heterocycles. The van der Waals surface area contributed by atoms with E-state index < -0.39 is 0 Å². The van der Waals surface area contributed by atoms with E-state index in [-0.39, 0.29) is 11.8 Å². The fraction of sp³-hybridized carbons (Fsp3) is 0.250. The Balaban J connectivity index is 2.59. The van der Waals surface area contributed by atoms with E-state index in [2.05, 4.69) is 27.2 Å². The second kappa shape index (κ2) is 5.57. The third kappa shape index (κ3) is 3.77. The Morgan fingerprint density at radius 3 is 2.67 bits per heavy atom. The molecule has 0 aliphatic carbocycles. The molecule has 1 amide bonds. The molecule has 2 nitrogen and oxygen atoms in total. The normalized spacial score (nSPS) is 11.5. The molecule has 78 valence electrons. The molecule has 1 aromatic rings. The van der Waals surface area contributed by atoms with Crippen molar-refractivity contribution in [1.29, 1.82) is 0 Å². The van der Waals surface area contributed by atoms with Crippen molar-refractivity contribution in [3.05, 3.63) is 28.7 Å². The highest BCUT2D eigenvalue weighted by Crippen LogP contribution is 2.15. The monoisotopic (exact) mass is 265 g/mol. The maximum atomic E-state index is 11.6. The van der Waals surface area contributed by atoms with Crippen LogP contribution in [0.15, 0.2) is 28.7 Å². The molecule has 0 spiro atoms. The molecule has 0 fully saturated rings. The van der Waals surface area contributed by atoms with Crippen molar-refractivity contribution in [2.24, 2.45) is 5.92 Å². The molecule has 15 heavy (non-hydrogen) atoms. The van der Waals surface area contributed by atoms with Crippen LogP contribution < -0.4 is 5.32 Å². The maximum absolute atomic E-state index is 11.6. The number of terminal acetylenes is 1. The maximum Gasteiger partial charge on any atom is 0.228 e. The van der Waals surface area contributed by atoms with E-state index in [0.29, 0.717) is 6.42 Å². The van der Waals surface area contributed by atoms with Crippen molar-refractivity contribution in [3.8, 4) is 12.3 Å². The van der Waals surface area contributed by atoms with Crippen LogP contribution >= 0.6 is 15.9 Å². The predicted octanol–water partition coefficient (Wildman–Crippen LogP) is 3.05. The largest absolute Gasteiger partial charge is 0.326 e. The summed E-state index contributed by atoms with van der Waals surface area (Å²) in [7, 11) is 0. The summed E-state index contributed by atoms with van der Waals surface area (Å²) in [4.78, 5) is 11.6. The lowest BCUT2D eigenvalue weighted by Gasteiger charge is -2.09. The topological polar surface area (TPSA) is 29.1 Å². The van der Waals surface area contributed by atoms with Gasteiger partial charge in [0.1, 0.15) is 0 Å². The molecule has 3 heteroatoms.